The van der Waals surface area contributed by atoms with Gasteiger partial charge < -0.3 is 5.32 Å². The molecule has 110 valence electrons. The summed E-state index contributed by atoms with van der Waals surface area (Å²) in [5.74, 6) is -0.459. The average Bonchev–Trinajstić information content (AvgIpc) is 2.40. The molecule has 3 nitrogen and oxygen atoms in total. The smallest absolute Gasteiger partial charge is 0.306 e. The van der Waals surface area contributed by atoms with Crippen molar-refractivity contribution < 1.29 is 18.0 Å². The van der Waals surface area contributed by atoms with Crippen LogP contribution in [0.3, 0.4) is 0 Å². The van der Waals surface area contributed by atoms with Gasteiger partial charge in [0.1, 0.15) is 5.82 Å². The number of amides is 1. The van der Waals surface area contributed by atoms with Gasteiger partial charge in [0, 0.05) is 10.7 Å². The van der Waals surface area contributed by atoms with E-state index in [1.54, 1.807) is 12.1 Å². The Morgan fingerprint density at radius 1 is 1.14 bits per heavy atom. The zero-order chi connectivity index (χ0) is 15.6. The van der Waals surface area contributed by atoms with Crippen LogP contribution in [0.2, 0.25) is 0 Å². The molecular formula is C13H7Br2F3N2O. The van der Waals surface area contributed by atoms with Crippen LogP contribution in [0.4, 0.5) is 19.0 Å². The van der Waals surface area contributed by atoms with Gasteiger partial charge in [-0.3, -0.25) is 4.79 Å². The molecule has 0 aliphatic rings. The fourth-order valence-corrected chi connectivity index (χ4v) is 2.31. The van der Waals surface area contributed by atoms with E-state index in [1.807, 2.05) is 0 Å². The number of nitrogens with zero attached hydrogens (tertiary/aromatic N) is 1. The lowest BCUT2D eigenvalue weighted by molar-refractivity contribution is -0.137. The SMILES string of the molecule is O=C(Nc1ncccc1Br)c1cc(C(F)(F)F)ccc1Br. The molecule has 0 fully saturated rings. The Bertz CT molecular complexity index is 689. The van der Waals surface area contributed by atoms with Crippen LogP contribution in [0.1, 0.15) is 15.9 Å². The van der Waals surface area contributed by atoms with E-state index in [0.717, 1.165) is 12.1 Å². The Kier molecular flexibility index (Phi) is 4.67. The van der Waals surface area contributed by atoms with Crippen LogP contribution in [-0.2, 0) is 6.18 Å². The Balaban J connectivity index is 2.33. The second kappa shape index (κ2) is 6.15. The first-order valence-corrected chi connectivity index (χ1v) is 7.16. The molecule has 0 unspecified atom stereocenters. The van der Waals surface area contributed by atoms with Crippen LogP contribution < -0.4 is 5.32 Å². The summed E-state index contributed by atoms with van der Waals surface area (Å²) in [7, 11) is 0. The van der Waals surface area contributed by atoms with Gasteiger partial charge in [-0.15, -0.1) is 0 Å². The number of pyridine rings is 1. The summed E-state index contributed by atoms with van der Waals surface area (Å²) in [5, 5.41) is 2.45. The number of hydrogen-bond donors (Lipinski definition) is 1. The number of anilines is 1. The van der Waals surface area contributed by atoms with Crippen molar-refractivity contribution in [1.82, 2.24) is 4.98 Å². The molecule has 8 heteroatoms. The number of nitrogens with one attached hydrogen (secondary N) is 1. The van der Waals surface area contributed by atoms with Crippen molar-refractivity contribution in [3.05, 3.63) is 56.6 Å². The van der Waals surface area contributed by atoms with Gasteiger partial charge in [0.05, 0.1) is 15.6 Å². The highest BCUT2D eigenvalue weighted by atomic mass is 79.9. The normalized spacial score (nSPS) is 11.3. The number of alkyl halides is 3. The maximum Gasteiger partial charge on any atom is 0.416 e. The molecule has 1 heterocycles. The van der Waals surface area contributed by atoms with Crippen LogP contribution in [0, 0.1) is 0 Å². The highest BCUT2D eigenvalue weighted by Gasteiger charge is 2.31. The lowest BCUT2D eigenvalue weighted by Crippen LogP contribution is -2.15. The molecule has 21 heavy (non-hydrogen) atoms. The van der Waals surface area contributed by atoms with Gasteiger partial charge in [-0.1, -0.05) is 0 Å². The first kappa shape index (κ1) is 16.0. The van der Waals surface area contributed by atoms with Crippen LogP contribution in [0.5, 0.6) is 0 Å². The van der Waals surface area contributed by atoms with Gasteiger partial charge >= 0.3 is 6.18 Å². The van der Waals surface area contributed by atoms with Crippen LogP contribution in [0.15, 0.2) is 45.5 Å². The summed E-state index contributed by atoms with van der Waals surface area (Å²) >= 11 is 6.26. The summed E-state index contributed by atoms with van der Waals surface area (Å²) in [5.41, 5.74) is -1.02. The van der Waals surface area contributed by atoms with Crippen LogP contribution in [-0.4, -0.2) is 10.9 Å². The van der Waals surface area contributed by atoms with Crippen molar-refractivity contribution in [1.29, 1.82) is 0 Å². The quantitative estimate of drug-likeness (QED) is 0.748. The predicted molar refractivity (Wildman–Crippen MR) is 79.0 cm³/mol. The lowest BCUT2D eigenvalue weighted by Gasteiger charge is -2.11. The number of hydrogen-bond acceptors (Lipinski definition) is 2. The Morgan fingerprint density at radius 3 is 2.48 bits per heavy atom. The van der Waals surface area contributed by atoms with Crippen molar-refractivity contribution in [2.75, 3.05) is 5.32 Å². The van der Waals surface area contributed by atoms with Crippen molar-refractivity contribution in [3.8, 4) is 0 Å². The van der Waals surface area contributed by atoms with E-state index in [9.17, 15) is 18.0 Å². The third kappa shape index (κ3) is 3.82. The first-order valence-electron chi connectivity index (χ1n) is 5.57. The molecule has 0 spiro atoms. The minimum absolute atomic E-state index is 0.123. The molecule has 0 saturated heterocycles. The third-order valence-electron chi connectivity index (χ3n) is 2.53. The molecule has 2 aromatic rings. The van der Waals surface area contributed by atoms with E-state index in [0.29, 0.717) is 4.47 Å². The standard InChI is InChI=1S/C13H7Br2F3N2O/c14-9-4-3-7(13(16,17)18)6-8(9)12(21)20-11-10(15)2-1-5-19-11/h1-6H,(H,19,20,21). The van der Waals surface area contributed by atoms with Crippen molar-refractivity contribution in [2.45, 2.75) is 6.18 Å². The molecule has 1 N–H and O–H groups in total. The van der Waals surface area contributed by atoms with Gasteiger partial charge in [0.15, 0.2) is 0 Å². The Morgan fingerprint density at radius 2 is 1.86 bits per heavy atom. The fraction of sp³-hybridized carbons (Fsp3) is 0.0769. The summed E-state index contributed by atoms with van der Waals surface area (Å²) in [6.45, 7) is 0. The van der Waals surface area contributed by atoms with E-state index in [1.165, 1.54) is 12.3 Å². The molecule has 0 radical (unpaired) electrons. The zero-order valence-corrected chi connectivity index (χ0v) is 13.4. The second-order valence-electron chi connectivity index (χ2n) is 3.98. The van der Waals surface area contributed by atoms with E-state index in [-0.39, 0.29) is 15.9 Å². The van der Waals surface area contributed by atoms with Crippen molar-refractivity contribution in [2.24, 2.45) is 0 Å². The van der Waals surface area contributed by atoms with Gasteiger partial charge in [0.25, 0.3) is 5.91 Å². The van der Waals surface area contributed by atoms with Crippen LogP contribution in [0.25, 0.3) is 0 Å². The lowest BCUT2D eigenvalue weighted by atomic mass is 10.1. The molecule has 0 saturated carbocycles. The van der Waals surface area contributed by atoms with E-state index < -0.39 is 17.6 Å². The van der Waals surface area contributed by atoms with Gasteiger partial charge in [-0.05, 0) is 62.2 Å². The predicted octanol–water partition coefficient (Wildman–Crippen LogP) is 4.88. The molecule has 0 atom stereocenters. The van der Waals surface area contributed by atoms with Gasteiger partial charge in [-0.25, -0.2) is 4.98 Å². The molecule has 1 amide bonds. The molecule has 1 aromatic carbocycles. The first-order chi connectivity index (χ1) is 9.79. The maximum atomic E-state index is 12.7. The number of rotatable bonds is 2. The Labute approximate surface area is 134 Å². The molecule has 1 aromatic heterocycles. The Hall–Kier alpha value is -1.41. The van der Waals surface area contributed by atoms with Gasteiger partial charge in [-0.2, -0.15) is 13.2 Å². The summed E-state index contributed by atoms with van der Waals surface area (Å²) in [4.78, 5) is 16.0. The molecule has 0 aliphatic heterocycles. The largest absolute Gasteiger partial charge is 0.416 e. The number of carbonyl (C=O) groups is 1. The number of aromatic nitrogens is 1. The van der Waals surface area contributed by atoms with E-state index >= 15 is 0 Å². The second-order valence-corrected chi connectivity index (χ2v) is 5.69. The molecule has 2 rings (SSSR count). The summed E-state index contributed by atoms with van der Waals surface area (Å²) in [6, 6.07) is 6.18. The molecule has 0 aliphatic carbocycles. The molecule has 0 bridgehead atoms. The minimum Gasteiger partial charge on any atom is -0.306 e. The monoisotopic (exact) mass is 422 g/mol. The average molecular weight is 424 g/mol. The number of benzene rings is 1. The van der Waals surface area contributed by atoms with E-state index in [2.05, 4.69) is 42.2 Å². The number of halogens is 5. The summed E-state index contributed by atoms with van der Waals surface area (Å²) in [6.07, 6.45) is -3.05. The van der Waals surface area contributed by atoms with Crippen molar-refractivity contribution in [3.63, 3.8) is 0 Å². The van der Waals surface area contributed by atoms with Crippen molar-refractivity contribution >= 4 is 43.6 Å². The molecular weight excluding hydrogens is 417 g/mol. The highest BCUT2D eigenvalue weighted by Crippen LogP contribution is 2.32. The topological polar surface area (TPSA) is 42.0 Å². The zero-order valence-electron chi connectivity index (χ0n) is 10.2. The third-order valence-corrected chi connectivity index (χ3v) is 3.86. The fourth-order valence-electron chi connectivity index (χ4n) is 1.53. The minimum atomic E-state index is -4.51. The van der Waals surface area contributed by atoms with Gasteiger partial charge in [0.2, 0.25) is 0 Å². The summed E-state index contributed by atoms with van der Waals surface area (Å²) < 4.78 is 38.9. The van der Waals surface area contributed by atoms with Crippen LogP contribution >= 0.6 is 31.9 Å². The highest BCUT2D eigenvalue weighted by molar-refractivity contribution is 9.11. The number of carbonyl (C=O) groups excluding carboxylic acids is 1. The van der Waals surface area contributed by atoms with E-state index in [4.69, 9.17) is 0 Å². The maximum absolute atomic E-state index is 12.7.